The Morgan fingerprint density at radius 2 is 2.06 bits per heavy atom. The normalized spacial score (nSPS) is 20.4. The molecule has 1 heterocycles. The van der Waals surface area contributed by atoms with Gasteiger partial charge in [-0.1, -0.05) is 26.2 Å². The van der Waals surface area contributed by atoms with Gasteiger partial charge in [-0.25, -0.2) is 0 Å². The van der Waals surface area contributed by atoms with Crippen molar-refractivity contribution in [1.29, 1.82) is 0 Å². The van der Waals surface area contributed by atoms with Crippen LogP contribution in [0.5, 0.6) is 0 Å². The van der Waals surface area contributed by atoms with Crippen LogP contribution in [0.4, 0.5) is 0 Å². The summed E-state index contributed by atoms with van der Waals surface area (Å²) < 4.78 is 0. The van der Waals surface area contributed by atoms with Crippen molar-refractivity contribution < 1.29 is 4.79 Å². The van der Waals surface area contributed by atoms with E-state index in [2.05, 4.69) is 24.5 Å². The molecule has 1 unspecified atom stereocenters. The minimum atomic E-state index is 0.364. The SMILES string of the molecule is CCCC(CS)CN1CCCCCCC1=O. The highest BCUT2D eigenvalue weighted by atomic mass is 32.1. The Balaban J connectivity index is 2.43. The zero-order valence-electron chi connectivity index (χ0n) is 10.5. The molecule has 2 nitrogen and oxygen atoms in total. The standard InChI is InChI=1S/C13H25NOS/c1-2-7-12(11-16)10-14-9-6-4-3-5-8-13(14)15/h12,16H,2-11H2,1H3. The molecule has 0 aliphatic carbocycles. The molecule has 94 valence electrons. The fourth-order valence-corrected chi connectivity index (χ4v) is 2.67. The van der Waals surface area contributed by atoms with Crippen molar-refractivity contribution in [3.63, 3.8) is 0 Å². The van der Waals surface area contributed by atoms with Crippen LogP contribution in [0.2, 0.25) is 0 Å². The number of carbonyl (C=O) groups excluding carboxylic acids is 1. The van der Waals surface area contributed by atoms with E-state index in [1.807, 2.05) is 0 Å². The summed E-state index contributed by atoms with van der Waals surface area (Å²) in [5.74, 6) is 1.84. The van der Waals surface area contributed by atoms with Gasteiger partial charge < -0.3 is 4.90 Å². The van der Waals surface area contributed by atoms with Gasteiger partial charge in [0.25, 0.3) is 0 Å². The van der Waals surface area contributed by atoms with Crippen molar-refractivity contribution >= 4 is 18.5 Å². The monoisotopic (exact) mass is 243 g/mol. The molecule has 0 bridgehead atoms. The summed E-state index contributed by atoms with van der Waals surface area (Å²) >= 11 is 4.39. The lowest BCUT2D eigenvalue weighted by Crippen LogP contribution is -2.37. The predicted molar refractivity (Wildman–Crippen MR) is 71.9 cm³/mol. The van der Waals surface area contributed by atoms with Crippen LogP contribution in [-0.4, -0.2) is 29.6 Å². The lowest BCUT2D eigenvalue weighted by molar-refractivity contribution is -0.132. The van der Waals surface area contributed by atoms with Crippen LogP contribution in [0, 0.1) is 5.92 Å². The van der Waals surface area contributed by atoms with Crippen LogP contribution in [0.25, 0.3) is 0 Å². The molecule has 1 aliphatic rings. The second-order valence-corrected chi connectivity index (χ2v) is 5.21. The number of likely N-dealkylation sites (tertiary alicyclic amines) is 1. The highest BCUT2D eigenvalue weighted by Gasteiger charge is 2.18. The average molecular weight is 243 g/mol. The van der Waals surface area contributed by atoms with Crippen LogP contribution in [0.1, 0.15) is 51.9 Å². The van der Waals surface area contributed by atoms with Crippen LogP contribution < -0.4 is 0 Å². The highest BCUT2D eigenvalue weighted by Crippen LogP contribution is 2.16. The van der Waals surface area contributed by atoms with E-state index in [1.54, 1.807) is 0 Å². The van der Waals surface area contributed by atoms with E-state index in [1.165, 1.54) is 32.1 Å². The van der Waals surface area contributed by atoms with Gasteiger partial charge in [-0.3, -0.25) is 4.79 Å². The third-order valence-corrected chi connectivity index (χ3v) is 3.87. The van der Waals surface area contributed by atoms with Crippen LogP contribution >= 0.6 is 12.6 Å². The first-order chi connectivity index (χ1) is 7.77. The van der Waals surface area contributed by atoms with Crippen molar-refractivity contribution in [2.45, 2.75) is 51.9 Å². The largest absolute Gasteiger partial charge is 0.342 e. The maximum atomic E-state index is 11.9. The molecule has 3 heteroatoms. The molecule has 1 aliphatic heterocycles. The molecular weight excluding hydrogens is 218 g/mol. The molecule has 1 atom stereocenters. The van der Waals surface area contributed by atoms with Crippen molar-refractivity contribution in [3.8, 4) is 0 Å². The Bertz CT molecular complexity index is 208. The van der Waals surface area contributed by atoms with Crippen LogP contribution in [-0.2, 0) is 4.79 Å². The quantitative estimate of drug-likeness (QED) is 0.736. The van der Waals surface area contributed by atoms with Gasteiger partial charge in [0.05, 0.1) is 0 Å². The molecule has 0 aromatic rings. The van der Waals surface area contributed by atoms with E-state index >= 15 is 0 Å². The summed E-state index contributed by atoms with van der Waals surface area (Å²) in [5.41, 5.74) is 0. The Kier molecular flexibility index (Phi) is 6.93. The van der Waals surface area contributed by atoms with Gasteiger partial charge in [0.2, 0.25) is 5.91 Å². The zero-order chi connectivity index (χ0) is 11.8. The second-order valence-electron chi connectivity index (χ2n) is 4.84. The van der Waals surface area contributed by atoms with Crippen molar-refractivity contribution in [3.05, 3.63) is 0 Å². The molecule has 0 aromatic carbocycles. The van der Waals surface area contributed by atoms with Crippen molar-refractivity contribution in [2.75, 3.05) is 18.8 Å². The second kappa shape index (κ2) is 7.99. The van der Waals surface area contributed by atoms with E-state index < -0.39 is 0 Å². The topological polar surface area (TPSA) is 20.3 Å². The number of thiol groups is 1. The summed E-state index contributed by atoms with van der Waals surface area (Å²) in [7, 11) is 0. The number of hydrogen-bond donors (Lipinski definition) is 1. The smallest absolute Gasteiger partial charge is 0.222 e. The Morgan fingerprint density at radius 3 is 2.75 bits per heavy atom. The molecule has 1 saturated heterocycles. The molecule has 1 amide bonds. The van der Waals surface area contributed by atoms with Gasteiger partial charge in [0.1, 0.15) is 0 Å². The molecular formula is C13H25NOS. The number of rotatable bonds is 5. The first kappa shape index (κ1) is 13.9. The zero-order valence-corrected chi connectivity index (χ0v) is 11.3. The number of amides is 1. The Hall–Kier alpha value is -0.180. The maximum absolute atomic E-state index is 11.9. The lowest BCUT2D eigenvalue weighted by Gasteiger charge is -2.28. The van der Waals surface area contributed by atoms with Crippen molar-refractivity contribution in [2.24, 2.45) is 5.92 Å². The highest BCUT2D eigenvalue weighted by molar-refractivity contribution is 7.80. The summed E-state index contributed by atoms with van der Waals surface area (Å²) in [4.78, 5) is 14.0. The molecule has 16 heavy (non-hydrogen) atoms. The van der Waals surface area contributed by atoms with Gasteiger partial charge >= 0.3 is 0 Å². The number of nitrogens with zero attached hydrogens (tertiary/aromatic N) is 1. The van der Waals surface area contributed by atoms with Gasteiger partial charge in [0.15, 0.2) is 0 Å². The molecule has 0 aromatic heterocycles. The van der Waals surface area contributed by atoms with Gasteiger partial charge in [0, 0.05) is 19.5 Å². The average Bonchev–Trinajstić information content (AvgIpc) is 2.27. The summed E-state index contributed by atoms with van der Waals surface area (Å²) in [6, 6.07) is 0. The Labute approximate surface area is 105 Å². The van der Waals surface area contributed by atoms with E-state index in [-0.39, 0.29) is 0 Å². The minimum absolute atomic E-state index is 0.364. The summed E-state index contributed by atoms with van der Waals surface area (Å²) in [6.07, 6.45) is 7.89. The molecule has 0 radical (unpaired) electrons. The van der Waals surface area contributed by atoms with Gasteiger partial charge in [-0.05, 0) is 30.9 Å². The van der Waals surface area contributed by atoms with E-state index in [0.717, 1.165) is 31.7 Å². The van der Waals surface area contributed by atoms with E-state index in [4.69, 9.17) is 0 Å². The first-order valence-electron chi connectivity index (χ1n) is 6.66. The fourth-order valence-electron chi connectivity index (χ4n) is 2.37. The van der Waals surface area contributed by atoms with Crippen LogP contribution in [0.15, 0.2) is 0 Å². The van der Waals surface area contributed by atoms with Crippen LogP contribution in [0.3, 0.4) is 0 Å². The molecule has 0 spiro atoms. The molecule has 1 fully saturated rings. The first-order valence-corrected chi connectivity index (χ1v) is 7.29. The van der Waals surface area contributed by atoms with Crippen molar-refractivity contribution in [1.82, 2.24) is 4.90 Å². The lowest BCUT2D eigenvalue weighted by atomic mass is 10.0. The third-order valence-electron chi connectivity index (χ3n) is 3.36. The van der Waals surface area contributed by atoms with E-state index in [0.29, 0.717) is 11.8 Å². The number of hydrogen-bond acceptors (Lipinski definition) is 2. The number of carbonyl (C=O) groups is 1. The predicted octanol–water partition coefficient (Wildman–Crippen LogP) is 3.13. The van der Waals surface area contributed by atoms with Gasteiger partial charge in [-0.2, -0.15) is 12.6 Å². The molecule has 0 N–H and O–H groups in total. The summed E-state index contributed by atoms with van der Waals surface area (Å²) in [6.45, 7) is 4.09. The molecule has 0 saturated carbocycles. The molecule has 1 rings (SSSR count). The van der Waals surface area contributed by atoms with Gasteiger partial charge in [-0.15, -0.1) is 0 Å². The maximum Gasteiger partial charge on any atom is 0.222 e. The fraction of sp³-hybridized carbons (Fsp3) is 0.923. The Morgan fingerprint density at radius 1 is 1.31 bits per heavy atom. The van der Waals surface area contributed by atoms with E-state index in [9.17, 15) is 4.79 Å². The third kappa shape index (κ3) is 4.77. The minimum Gasteiger partial charge on any atom is -0.342 e. The summed E-state index contributed by atoms with van der Waals surface area (Å²) in [5, 5.41) is 0.